The predicted molar refractivity (Wildman–Crippen MR) is 125 cm³/mol. The molecule has 1 N–H and O–H groups in total. The first-order valence-corrected chi connectivity index (χ1v) is 11.9. The maximum atomic E-state index is 12.0. The highest BCUT2D eigenvalue weighted by atomic mass is 16.7. The molecule has 0 aliphatic carbocycles. The van der Waals surface area contributed by atoms with Crippen LogP contribution in [0.5, 0.6) is 0 Å². The van der Waals surface area contributed by atoms with Crippen LogP contribution in [-0.2, 0) is 43.1 Å². The van der Waals surface area contributed by atoms with Crippen LogP contribution in [0.3, 0.4) is 0 Å². The smallest absolute Gasteiger partial charge is 0.333 e. The Bertz CT molecular complexity index is 877. The van der Waals surface area contributed by atoms with Crippen molar-refractivity contribution in [3.63, 3.8) is 0 Å². The number of amides is 5. The van der Waals surface area contributed by atoms with E-state index < -0.39 is 40.8 Å². The molecule has 0 spiro atoms. The summed E-state index contributed by atoms with van der Waals surface area (Å²) in [5.41, 5.74) is -1.17. The number of carbonyl (C=O) groups excluding carboxylic acids is 6. The number of nitrogens with zero attached hydrogens (tertiary/aromatic N) is 2. The minimum absolute atomic E-state index is 0.0136. The third-order valence-corrected chi connectivity index (χ3v) is 5.71. The van der Waals surface area contributed by atoms with Gasteiger partial charge in [-0.05, 0) is 40.5 Å². The van der Waals surface area contributed by atoms with Gasteiger partial charge in [0.05, 0.1) is 30.8 Å². The van der Waals surface area contributed by atoms with Crippen molar-refractivity contribution in [1.29, 1.82) is 0 Å². The highest BCUT2D eigenvalue weighted by Crippen LogP contribution is 2.21. The maximum Gasteiger partial charge on any atom is 0.333 e. The molecule has 200 valence electrons. The number of hydroxylamine groups is 2. The number of ether oxygens (including phenoxy) is 2. The number of nitrogens with one attached hydrogen (secondary N) is 1. The zero-order valence-electron chi connectivity index (χ0n) is 21.3. The van der Waals surface area contributed by atoms with Crippen LogP contribution in [0.25, 0.3) is 0 Å². The van der Waals surface area contributed by atoms with Gasteiger partial charge in [0.25, 0.3) is 23.6 Å². The van der Waals surface area contributed by atoms with Gasteiger partial charge in [-0.15, -0.1) is 5.06 Å². The van der Waals surface area contributed by atoms with Gasteiger partial charge in [-0.1, -0.05) is 0 Å². The minimum atomic E-state index is -0.670. The van der Waals surface area contributed by atoms with Crippen LogP contribution in [0.2, 0.25) is 0 Å². The predicted octanol–water partition coefficient (Wildman–Crippen LogP) is 0.786. The summed E-state index contributed by atoms with van der Waals surface area (Å²) in [6, 6.07) is 0. The average Bonchev–Trinajstić information content (AvgIpc) is 3.28. The number of imide groups is 2. The van der Waals surface area contributed by atoms with Crippen molar-refractivity contribution in [1.82, 2.24) is 15.3 Å². The van der Waals surface area contributed by atoms with Crippen molar-refractivity contribution in [2.24, 2.45) is 0 Å². The fourth-order valence-electron chi connectivity index (χ4n) is 3.40. The van der Waals surface area contributed by atoms with E-state index in [-0.39, 0.29) is 51.3 Å². The van der Waals surface area contributed by atoms with E-state index in [1.165, 1.54) is 12.2 Å². The van der Waals surface area contributed by atoms with Crippen LogP contribution < -0.4 is 5.32 Å². The lowest BCUT2D eigenvalue weighted by atomic mass is 10.0. The normalized spacial score (nSPS) is 16.3. The molecule has 2 aliphatic heterocycles. The van der Waals surface area contributed by atoms with Crippen LogP contribution in [0.4, 0.5) is 0 Å². The van der Waals surface area contributed by atoms with Gasteiger partial charge >= 0.3 is 5.97 Å². The van der Waals surface area contributed by atoms with Crippen LogP contribution in [0.1, 0.15) is 66.2 Å². The average molecular weight is 510 g/mol. The SMILES string of the molecule is CC(C)(CCOC(C)(C)CCC(=O)ON1C(=O)CCC1=O)OCCNC(=O)CCN1C(=O)C=CC1=O. The van der Waals surface area contributed by atoms with E-state index in [4.69, 9.17) is 14.3 Å². The van der Waals surface area contributed by atoms with Crippen LogP contribution >= 0.6 is 0 Å². The Hall–Kier alpha value is -3.12. The van der Waals surface area contributed by atoms with Crippen molar-refractivity contribution < 1.29 is 43.1 Å². The van der Waals surface area contributed by atoms with Gasteiger partial charge in [0.15, 0.2) is 0 Å². The molecule has 12 heteroatoms. The number of hydrogen-bond donors (Lipinski definition) is 1. The molecule has 0 aromatic rings. The second-order valence-electron chi connectivity index (χ2n) is 9.77. The molecule has 5 amide bonds. The van der Waals surface area contributed by atoms with Gasteiger partial charge in [-0.2, -0.15) is 0 Å². The molecule has 1 fully saturated rings. The molecule has 0 saturated carbocycles. The first kappa shape index (κ1) is 29.1. The van der Waals surface area contributed by atoms with E-state index in [0.29, 0.717) is 24.5 Å². The summed E-state index contributed by atoms with van der Waals surface area (Å²) in [7, 11) is 0. The van der Waals surface area contributed by atoms with Crippen LogP contribution in [-0.4, -0.2) is 83.0 Å². The minimum Gasteiger partial charge on any atom is -0.375 e. The quantitative estimate of drug-likeness (QED) is 0.250. The fraction of sp³-hybridized carbons (Fsp3) is 0.667. The van der Waals surface area contributed by atoms with Crippen molar-refractivity contribution in [2.75, 3.05) is 26.3 Å². The summed E-state index contributed by atoms with van der Waals surface area (Å²) >= 11 is 0. The Morgan fingerprint density at radius 2 is 1.42 bits per heavy atom. The molecular weight excluding hydrogens is 474 g/mol. The Labute approximate surface area is 210 Å². The van der Waals surface area contributed by atoms with E-state index in [2.05, 4.69) is 5.32 Å². The van der Waals surface area contributed by atoms with Gasteiger partial charge in [0.1, 0.15) is 0 Å². The van der Waals surface area contributed by atoms with Gasteiger partial charge in [0.2, 0.25) is 5.91 Å². The lowest BCUT2D eigenvalue weighted by Crippen LogP contribution is -2.37. The van der Waals surface area contributed by atoms with Gasteiger partial charge in [-0.25, -0.2) is 4.79 Å². The lowest BCUT2D eigenvalue weighted by Gasteiger charge is -2.29. The number of carbonyl (C=O) groups is 6. The Balaban J connectivity index is 1.57. The van der Waals surface area contributed by atoms with Gasteiger partial charge < -0.3 is 19.6 Å². The lowest BCUT2D eigenvalue weighted by molar-refractivity contribution is -0.198. The van der Waals surface area contributed by atoms with Crippen molar-refractivity contribution in [3.8, 4) is 0 Å². The second kappa shape index (κ2) is 12.7. The van der Waals surface area contributed by atoms with E-state index >= 15 is 0 Å². The van der Waals surface area contributed by atoms with E-state index in [1.54, 1.807) is 0 Å². The molecule has 12 nitrogen and oxygen atoms in total. The standard InChI is InChI=1S/C24H35N3O9/c1-23(2,11-9-22(33)36-27-20(31)7-8-21(27)32)34-15-12-24(3,4)35-16-13-25-17(28)10-14-26-18(29)5-6-19(26)30/h5-6H,7-16H2,1-4H3,(H,25,28). The summed E-state index contributed by atoms with van der Waals surface area (Å²) in [4.78, 5) is 75.8. The second-order valence-corrected chi connectivity index (χ2v) is 9.77. The Kier molecular flexibility index (Phi) is 10.3. The first-order valence-electron chi connectivity index (χ1n) is 11.9. The monoisotopic (exact) mass is 509 g/mol. The summed E-state index contributed by atoms with van der Waals surface area (Å²) in [6.45, 7) is 8.38. The summed E-state index contributed by atoms with van der Waals surface area (Å²) in [5, 5.41) is 3.23. The highest BCUT2D eigenvalue weighted by Gasteiger charge is 2.33. The molecule has 0 radical (unpaired) electrons. The molecule has 0 aromatic carbocycles. The number of hydrogen-bond acceptors (Lipinski definition) is 9. The molecule has 1 saturated heterocycles. The first-order chi connectivity index (χ1) is 16.8. The zero-order chi connectivity index (χ0) is 26.9. The summed E-state index contributed by atoms with van der Waals surface area (Å²) < 4.78 is 11.7. The summed E-state index contributed by atoms with van der Waals surface area (Å²) in [6.07, 6.45) is 3.34. The fourth-order valence-corrected chi connectivity index (χ4v) is 3.40. The van der Waals surface area contributed by atoms with Crippen molar-refractivity contribution >= 4 is 35.5 Å². The molecule has 2 aliphatic rings. The molecule has 0 bridgehead atoms. The molecule has 36 heavy (non-hydrogen) atoms. The van der Waals surface area contributed by atoms with E-state index in [0.717, 1.165) is 4.90 Å². The third kappa shape index (κ3) is 9.50. The van der Waals surface area contributed by atoms with E-state index in [9.17, 15) is 28.8 Å². The largest absolute Gasteiger partial charge is 0.375 e. The number of rotatable bonds is 15. The Morgan fingerprint density at radius 3 is 2.03 bits per heavy atom. The zero-order valence-corrected chi connectivity index (χ0v) is 21.3. The summed E-state index contributed by atoms with van der Waals surface area (Å²) in [5.74, 6) is -2.82. The molecule has 2 rings (SSSR count). The van der Waals surface area contributed by atoms with Crippen LogP contribution in [0.15, 0.2) is 12.2 Å². The van der Waals surface area contributed by atoms with Crippen molar-refractivity contribution in [3.05, 3.63) is 12.2 Å². The van der Waals surface area contributed by atoms with Gasteiger partial charge in [0, 0.05) is 44.5 Å². The highest BCUT2D eigenvalue weighted by molar-refractivity contribution is 6.13. The third-order valence-electron chi connectivity index (χ3n) is 5.71. The molecule has 0 atom stereocenters. The molecular formula is C24H35N3O9. The molecule has 0 unspecified atom stereocenters. The van der Waals surface area contributed by atoms with Crippen molar-refractivity contribution in [2.45, 2.75) is 77.4 Å². The molecule has 2 heterocycles. The maximum absolute atomic E-state index is 12.0. The topological polar surface area (TPSA) is 149 Å². The Morgan fingerprint density at radius 1 is 0.861 bits per heavy atom. The van der Waals surface area contributed by atoms with Gasteiger partial charge in [-0.3, -0.25) is 28.9 Å². The molecule has 0 aromatic heterocycles. The van der Waals surface area contributed by atoms with Crippen LogP contribution in [0, 0.1) is 0 Å². The van der Waals surface area contributed by atoms with E-state index in [1.807, 2.05) is 27.7 Å².